The van der Waals surface area contributed by atoms with Gasteiger partial charge in [-0.3, -0.25) is 4.79 Å². The van der Waals surface area contributed by atoms with Gasteiger partial charge in [-0.2, -0.15) is 9.78 Å². The number of amides is 2. The van der Waals surface area contributed by atoms with Crippen LogP contribution < -0.4 is 15.4 Å². The van der Waals surface area contributed by atoms with Crippen molar-refractivity contribution in [1.82, 2.24) is 15.1 Å². The van der Waals surface area contributed by atoms with Gasteiger partial charge >= 0.3 is 6.03 Å². The molecule has 1 aliphatic carbocycles. The first-order valence-corrected chi connectivity index (χ1v) is 12.1. The van der Waals surface area contributed by atoms with Gasteiger partial charge in [0, 0.05) is 23.7 Å². The molecule has 0 aliphatic heterocycles. The van der Waals surface area contributed by atoms with Crippen LogP contribution in [0, 0.1) is 6.92 Å². The van der Waals surface area contributed by atoms with Gasteiger partial charge in [-0.15, -0.1) is 0 Å². The fourth-order valence-corrected chi connectivity index (χ4v) is 4.17. The molecule has 3 N–H and O–H groups in total. The quantitative estimate of drug-likeness (QED) is 0.295. The molecule has 188 valence electrons. The third-order valence-electron chi connectivity index (χ3n) is 6.37. The lowest BCUT2D eigenvalue weighted by Gasteiger charge is -2.10. The van der Waals surface area contributed by atoms with Crippen LogP contribution in [0.3, 0.4) is 0 Å². The highest BCUT2D eigenvalue weighted by atomic mass is 16.5. The predicted molar refractivity (Wildman–Crippen MR) is 141 cm³/mol. The molecule has 0 spiro atoms. The average molecular weight is 497 g/mol. The summed E-state index contributed by atoms with van der Waals surface area (Å²) < 4.78 is 6.67. The third kappa shape index (κ3) is 5.33. The van der Waals surface area contributed by atoms with Crippen molar-refractivity contribution in [2.45, 2.75) is 32.2 Å². The van der Waals surface area contributed by atoms with E-state index in [9.17, 15) is 14.7 Å². The number of rotatable bonds is 7. The summed E-state index contributed by atoms with van der Waals surface area (Å²) in [6.45, 7) is 2.40. The highest BCUT2D eigenvalue weighted by Gasteiger charge is 2.31. The molecule has 5 rings (SSSR count). The Morgan fingerprint density at radius 3 is 2.54 bits per heavy atom. The zero-order valence-electron chi connectivity index (χ0n) is 20.7. The van der Waals surface area contributed by atoms with Gasteiger partial charge in [0.15, 0.2) is 0 Å². The molecule has 1 aliphatic rings. The summed E-state index contributed by atoms with van der Waals surface area (Å²) in [5.41, 5.74) is 4.71. The zero-order chi connectivity index (χ0) is 25.9. The lowest BCUT2D eigenvalue weighted by molar-refractivity contribution is 0.102. The Bertz CT molecular complexity index is 1460. The first-order valence-electron chi connectivity index (χ1n) is 12.1. The number of aryl methyl sites for hydroxylation is 1. The smallest absolute Gasteiger partial charge is 0.342 e. The van der Waals surface area contributed by atoms with Gasteiger partial charge in [0.25, 0.3) is 5.91 Å². The van der Waals surface area contributed by atoms with E-state index < -0.39 is 0 Å². The molecule has 4 aromatic rings. The summed E-state index contributed by atoms with van der Waals surface area (Å²) in [6.07, 6.45) is 1.97. The van der Waals surface area contributed by atoms with Crippen molar-refractivity contribution < 1.29 is 19.4 Å². The van der Waals surface area contributed by atoms with Gasteiger partial charge in [-0.05, 0) is 61.7 Å². The van der Waals surface area contributed by atoms with E-state index in [0.717, 1.165) is 29.7 Å². The SMILES string of the molecule is COc1ccccc1C(=O)Nc1ccc(O)c(-c2cc(C3CC3)n(C(=O)NCc3ccc(C)cc3)n2)c1. The molecule has 0 unspecified atom stereocenters. The highest BCUT2D eigenvalue weighted by molar-refractivity contribution is 6.06. The number of phenolic OH excluding ortho intramolecular Hbond substituents is 1. The van der Waals surface area contributed by atoms with Crippen molar-refractivity contribution >= 4 is 17.6 Å². The number of methoxy groups -OCH3 is 1. The number of aromatic hydroxyl groups is 1. The van der Waals surface area contributed by atoms with Crippen LogP contribution in [0.5, 0.6) is 11.5 Å². The summed E-state index contributed by atoms with van der Waals surface area (Å²) in [4.78, 5) is 25.9. The van der Waals surface area contributed by atoms with Crippen molar-refractivity contribution in [2.75, 3.05) is 12.4 Å². The maximum Gasteiger partial charge on any atom is 0.342 e. The number of carbonyl (C=O) groups excluding carboxylic acids is 2. The van der Waals surface area contributed by atoms with E-state index in [0.29, 0.717) is 34.8 Å². The van der Waals surface area contributed by atoms with Gasteiger partial charge in [-0.1, -0.05) is 42.0 Å². The molecule has 8 nitrogen and oxygen atoms in total. The maximum atomic E-state index is 13.1. The summed E-state index contributed by atoms with van der Waals surface area (Å²) in [5.74, 6) is 0.376. The fourth-order valence-electron chi connectivity index (χ4n) is 4.17. The highest BCUT2D eigenvalue weighted by Crippen LogP contribution is 2.42. The second kappa shape index (κ2) is 10.2. The van der Waals surface area contributed by atoms with Gasteiger partial charge in [-0.25, -0.2) is 4.79 Å². The zero-order valence-corrected chi connectivity index (χ0v) is 20.7. The normalized spacial score (nSPS) is 12.7. The molecule has 0 bridgehead atoms. The van der Waals surface area contributed by atoms with Crippen molar-refractivity contribution in [3.63, 3.8) is 0 Å². The van der Waals surface area contributed by atoms with Gasteiger partial charge in [0.1, 0.15) is 11.5 Å². The van der Waals surface area contributed by atoms with Gasteiger partial charge in [0.2, 0.25) is 0 Å². The van der Waals surface area contributed by atoms with E-state index in [4.69, 9.17) is 4.74 Å². The standard InChI is InChI=1S/C29H28N4O4/c1-18-7-9-19(10-8-18)17-30-29(36)33-25(20-11-12-20)16-24(32-33)23-15-21(13-14-26(23)34)31-28(35)22-5-3-4-6-27(22)37-2/h3-10,13-16,20,34H,11-12,17H2,1-2H3,(H,30,36)(H,31,35). The number of phenols is 1. The number of hydrogen-bond acceptors (Lipinski definition) is 5. The number of anilines is 1. The van der Waals surface area contributed by atoms with Crippen molar-refractivity contribution in [1.29, 1.82) is 0 Å². The van der Waals surface area contributed by atoms with E-state index in [1.807, 2.05) is 37.3 Å². The maximum absolute atomic E-state index is 13.1. The van der Waals surface area contributed by atoms with Crippen LogP contribution >= 0.6 is 0 Å². The van der Waals surface area contributed by atoms with E-state index in [-0.39, 0.29) is 23.6 Å². The molecule has 0 saturated heterocycles. The Labute approximate surface area is 214 Å². The molecule has 0 radical (unpaired) electrons. The minimum atomic E-state index is -0.339. The molecule has 37 heavy (non-hydrogen) atoms. The second-order valence-electron chi connectivity index (χ2n) is 9.17. The molecule has 8 heteroatoms. The third-order valence-corrected chi connectivity index (χ3v) is 6.37. The van der Waals surface area contributed by atoms with Crippen LogP contribution in [-0.4, -0.2) is 33.9 Å². The van der Waals surface area contributed by atoms with E-state index in [2.05, 4.69) is 15.7 Å². The van der Waals surface area contributed by atoms with Crippen molar-refractivity contribution in [2.24, 2.45) is 0 Å². The monoisotopic (exact) mass is 496 g/mol. The first-order chi connectivity index (χ1) is 17.9. The molecule has 1 saturated carbocycles. The number of ether oxygens (including phenoxy) is 1. The predicted octanol–water partition coefficient (Wildman–Crippen LogP) is 5.46. The molecule has 1 heterocycles. The van der Waals surface area contributed by atoms with Crippen LogP contribution in [0.2, 0.25) is 0 Å². The lowest BCUT2D eigenvalue weighted by Crippen LogP contribution is -2.30. The van der Waals surface area contributed by atoms with E-state index >= 15 is 0 Å². The number of nitrogens with zero attached hydrogens (tertiary/aromatic N) is 2. The molecule has 3 aromatic carbocycles. The fraction of sp³-hybridized carbons (Fsp3) is 0.207. The lowest BCUT2D eigenvalue weighted by atomic mass is 10.1. The summed E-state index contributed by atoms with van der Waals surface area (Å²) in [7, 11) is 1.51. The number of nitrogens with one attached hydrogen (secondary N) is 2. The van der Waals surface area contributed by atoms with Gasteiger partial charge in [0.05, 0.1) is 24.1 Å². The molecular weight excluding hydrogens is 468 g/mol. The second-order valence-corrected chi connectivity index (χ2v) is 9.17. The summed E-state index contributed by atoms with van der Waals surface area (Å²) >= 11 is 0. The Balaban J connectivity index is 1.39. The summed E-state index contributed by atoms with van der Waals surface area (Å²) in [6, 6.07) is 21.2. The van der Waals surface area contributed by atoms with Crippen molar-refractivity contribution in [3.05, 3.63) is 95.2 Å². The van der Waals surface area contributed by atoms with Crippen LogP contribution in [0.1, 0.15) is 45.9 Å². The largest absolute Gasteiger partial charge is 0.507 e. The molecular formula is C29H28N4O4. The minimum Gasteiger partial charge on any atom is -0.507 e. The Hall–Kier alpha value is -4.59. The Morgan fingerprint density at radius 1 is 1.05 bits per heavy atom. The topological polar surface area (TPSA) is 105 Å². The molecule has 0 atom stereocenters. The Kier molecular flexibility index (Phi) is 6.64. The number of hydrogen-bond donors (Lipinski definition) is 3. The number of carbonyl (C=O) groups is 2. The van der Waals surface area contributed by atoms with Crippen LogP contribution in [0.15, 0.2) is 72.8 Å². The minimum absolute atomic E-state index is 0.00218. The number of benzene rings is 3. The van der Waals surface area contributed by atoms with Crippen molar-refractivity contribution in [3.8, 4) is 22.8 Å². The first kappa shape index (κ1) is 24.1. The number of para-hydroxylation sites is 1. The molecule has 1 fully saturated rings. The summed E-state index contributed by atoms with van der Waals surface area (Å²) in [5, 5.41) is 20.9. The van der Waals surface area contributed by atoms with Crippen LogP contribution in [0.4, 0.5) is 10.5 Å². The van der Waals surface area contributed by atoms with E-state index in [1.54, 1.807) is 36.4 Å². The average Bonchev–Trinajstić information content (AvgIpc) is 3.67. The Morgan fingerprint density at radius 2 is 1.81 bits per heavy atom. The van der Waals surface area contributed by atoms with Gasteiger partial charge < -0.3 is 20.5 Å². The molecule has 1 aromatic heterocycles. The van der Waals surface area contributed by atoms with Crippen LogP contribution in [-0.2, 0) is 6.54 Å². The number of aromatic nitrogens is 2. The van der Waals surface area contributed by atoms with Crippen LogP contribution in [0.25, 0.3) is 11.3 Å². The van der Waals surface area contributed by atoms with E-state index in [1.165, 1.54) is 17.9 Å². The molecule has 2 amide bonds.